The predicted molar refractivity (Wildman–Crippen MR) is 60.8 cm³/mol. The molecular weight excluding hydrogens is 194 g/mol. The van der Waals surface area contributed by atoms with Crippen LogP contribution >= 0.6 is 0 Å². The van der Waals surface area contributed by atoms with E-state index in [-0.39, 0.29) is 12.0 Å². The molecule has 15 heavy (non-hydrogen) atoms. The molecule has 0 aliphatic heterocycles. The smallest absolute Gasteiger partial charge is 0.0700 e. The number of aliphatic hydroxyl groups is 1. The third-order valence-corrected chi connectivity index (χ3v) is 2.76. The van der Waals surface area contributed by atoms with Gasteiger partial charge < -0.3 is 20.3 Å². The number of ether oxygens (including phenoxy) is 2. The molecule has 0 amide bonds. The van der Waals surface area contributed by atoms with E-state index < -0.39 is 0 Å². The van der Waals surface area contributed by atoms with Crippen LogP contribution in [0.25, 0.3) is 0 Å². The predicted octanol–water partition coefficient (Wildman–Crippen LogP) is 0.777. The molecule has 0 saturated carbocycles. The van der Waals surface area contributed by atoms with Gasteiger partial charge in [0.05, 0.1) is 13.2 Å². The van der Waals surface area contributed by atoms with Gasteiger partial charge in [0.25, 0.3) is 0 Å². The van der Waals surface area contributed by atoms with E-state index in [9.17, 15) is 5.11 Å². The Morgan fingerprint density at radius 2 is 1.93 bits per heavy atom. The quantitative estimate of drug-likeness (QED) is 0.533. The first-order valence-corrected chi connectivity index (χ1v) is 5.62. The summed E-state index contributed by atoms with van der Waals surface area (Å²) in [5.41, 5.74) is 5.55. The van der Waals surface area contributed by atoms with E-state index in [1.54, 1.807) is 7.11 Å². The lowest BCUT2D eigenvalue weighted by molar-refractivity contribution is 0.0328. The van der Waals surface area contributed by atoms with Crippen molar-refractivity contribution in [3.63, 3.8) is 0 Å². The van der Waals surface area contributed by atoms with Gasteiger partial charge in [0.2, 0.25) is 0 Å². The van der Waals surface area contributed by atoms with Gasteiger partial charge in [-0.25, -0.2) is 0 Å². The molecule has 0 bridgehead atoms. The van der Waals surface area contributed by atoms with Crippen LogP contribution in [0.2, 0.25) is 0 Å². The first-order valence-electron chi connectivity index (χ1n) is 5.62. The van der Waals surface area contributed by atoms with E-state index in [0.717, 1.165) is 19.3 Å². The van der Waals surface area contributed by atoms with E-state index in [0.29, 0.717) is 26.4 Å². The molecule has 0 saturated heterocycles. The Morgan fingerprint density at radius 3 is 2.40 bits per heavy atom. The molecule has 0 aromatic carbocycles. The molecule has 0 aromatic rings. The van der Waals surface area contributed by atoms with Crippen molar-refractivity contribution in [3.8, 4) is 0 Å². The molecule has 3 N–H and O–H groups in total. The van der Waals surface area contributed by atoms with Crippen molar-refractivity contribution in [2.45, 2.75) is 26.2 Å². The largest absolute Gasteiger partial charge is 0.396 e. The zero-order chi connectivity index (χ0) is 11.6. The van der Waals surface area contributed by atoms with Gasteiger partial charge in [0.15, 0.2) is 0 Å². The van der Waals surface area contributed by atoms with Crippen molar-refractivity contribution < 1.29 is 14.6 Å². The van der Waals surface area contributed by atoms with Gasteiger partial charge in [-0.3, -0.25) is 0 Å². The molecule has 0 spiro atoms. The molecule has 92 valence electrons. The maximum Gasteiger partial charge on any atom is 0.0700 e. The Morgan fingerprint density at radius 1 is 1.20 bits per heavy atom. The lowest BCUT2D eigenvalue weighted by Gasteiger charge is -2.29. The van der Waals surface area contributed by atoms with E-state index in [1.807, 2.05) is 0 Å². The molecule has 0 radical (unpaired) electrons. The standard InChI is InChI=1S/C11H25NO3/c1-3-4-11(9-12,10-13)5-6-15-8-7-14-2/h13H,3-10,12H2,1-2H3. The molecule has 4 nitrogen and oxygen atoms in total. The molecule has 0 aliphatic carbocycles. The van der Waals surface area contributed by atoms with Gasteiger partial charge in [-0.05, 0) is 12.8 Å². The second-order valence-electron chi connectivity index (χ2n) is 3.97. The van der Waals surface area contributed by atoms with Crippen molar-refractivity contribution in [1.82, 2.24) is 0 Å². The molecule has 4 heteroatoms. The molecule has 0 aromatic heterocycles. The third-order valence-electron chi connectivity index (χ3n) is 2.76. The van der Waals surface area contributed by atoms with E-state index in [1.165, 1.54) is 0 Å². The number of rotatable bonds is 10. The summed E-state index contributed by atoms with van der Waals surface area (Å²) in [5.74, 6) is 0. The van der Waals surface area contributed by atoms with Gasteiger partial charge in [-0.15, -0.1) is 0 Å². The van der Waals surface area contributed by atoms with Crippen LogP contribution in [0.15, 0.2) is 0 Å². The Balaban J connectivity index is 3.74. The minimum atomic E-state index is -0.151. The van der Waals surface area contributed by atoms with Crippen LogP contribution in [0.4, 0.5) is 0 Å². The summed E-state index contributed by atoms with van der Waals surface area (Å²) in [4.78, 5) is 0. The maximum absolute atomic E-state index is 9.35. The Kier molecular flexibility index (Phi) is 9.00. The SMILES string of the molecule is CCCC(CN)(CO)CCOCCOC. The zero-order valence-electron chi connectivity index (χ0n) is 10.00. The van der Waals surface area contributed by atoms with Crippen LogP contribution in [0, 0.1) is 5.41 Å². The second-order valence-corrected chi connectivity index (χ2v) is 3.97. The summed E-state index contributed by atoms with van der Waals surface area (Å²) in [6.45, 7) is 4.63. The second kappa shape index (κ2) is 9.09. The topological polar surface area (TPSA) is 64.7 Å². The summed E-state index contributed by atoms with van der Waals surface area (Å²) in [6.07, 6.45) is 2.81. The fourth-order valence-electron chi connectivity index (χ4n) is 1.62. The highest BCUT2D eigenvalue weighted by molar-refractivity contribution is 4.79. The molecule has 0 aliphatic rings. The fourth-order valence-corrected chi connectivity index (χ4v) is 1.62. The molecule has 0 heterocycles. The van der Waals surface area contributed by atoms with E-state index >= 15 is 0 Å². The van der Waals surface area contributed by atoms with Crippen LogP contribution in [-0.4, -0.2) is 45.2 Å². The third kappa shape index (κ3) is 6.10. The zero-order valence-corrected chi connectivity index (χ0v) is 10.00. The lowest BCUT2D eigenvalue weighted by Crippen LogP contribution is -2.35. The number of aliphatic hydroxyl groups excluding tert-OH is 1. The first-order chi connectivity index (χ1) is 7.24. The highest BCUT2D eigenvalue weighted by Gasteiger charge is 2.26. The van der Waals surface area contributed by atoms with E-state index in [2.05, 4.69) is 6.92 Å². The van der Waals surface area contributed by atoms with Crippen LogP contribution in [0.1, 0.15) is 26.2 Å². The Bertz CT molecular complexity index is 138. The van der Waals surface area contributed by atoms with Crippen LogP contribution in [-0.2, 0) is 9.47 Å². The summed E-state index contributed by atoms with van der Waals surface area (Å²) in [7, 11) is 1.65. The molecule has 0 fully saturated rings. The van der Waals surface area contributed by atoms with Crippen LogP contribution in [0.5, 0.6) is 0 Å². The van der Waals surface area contributed by atoms with E-state index in [4.69, 9.17) is 15.2 Å². The Hall–Kier alpha value is -0.160. The fraction of sp³-hybridized carbons (Fsp3) is 1.00. The van der Waals surface area contributed by atoms with Crippen molar-refractivity contribution in [2.75, 3.05) is 40.1 Å². The highest BCUT2D eigenvalue weighted by Crippen LogP contribution is 2.26. The number of hydrogen-bond acceptors (Lipinski definition) is 4. The number of hydrogen-bond donors (Lipinski definition) is 2. The minimum absolute atomic E-state index is 0.144. The normalized spacial score (nSPS) is 15.2. The average Bonchev–Trinajstić information content (AvgIpc) is 2.27. The monoisotopic (exact) mass is 219 g/mol. The van der Waals surface area contributed by atoms with Gasteiger partial charge in [-0.2, -0.15) is 0 Å². The minimum Gasteiger partial charge on any atom is -0.396 e. The summed E-state index contributed by atoms with van der Waals surface area (Å²) < 4.78 is 10.3. The number of methoxy groups -OCH3 is 1. The molecular formula is C11H25NO3. The van der Waals surface area contributed by atoms with Gasteiger partial charge in [0, 0.05) is 32.3 Å². The van der Waals surface area contributed by atoms with Crippen molar-refractivity contribution in [2.24, 2.45) is 11.1 Å². The molecule has 0 rings (SSSR count). The highest BCUT2D eigenvalue weighted by atomic mass is 16.5. The summed E-state index contributed by atoms with van der Waals surface area (Å²) in [6, 6.07) is 0. The van der Waals surface area contributed by atoms with Gasteiger partial charge >= 0.3 is 0 Å². The first kappa shape index (κ1) is 14.8. The summed E-state index contributed by atoms with van der Waals surface area (Å²) >= 11 is 0. The lowest BCUT2D eigenvalue weighted by atomic mass is 9.81. The van der Waals surface area contributed by atoms with Crippen LogP contribution in [0.3, 0.4) is 0 Å². The van der Waals surface area contributed by atoms with Gasteiger partial charge in [-0.1, -0.05) is 13.3 Å². The summed E-state index contributed by atoms with van der Waals surface area (Å²) in [5, 5.41) is 9.35. The van der Waals surface area contributed by atoms with Gasteiger partial charge in [0.1, 0.15) is 0 Å². The molecule has 1 unspecified atom stereocenters. The van der Waals surface area contributed by atoms with Crippen molar-refractivity contribution >= 4 is 0 Å². The molecule has 1 atom stereocenters. The average molecular weight is 219 g/mol. The maximum atomic E-state index is 9.35. The van der Waals surface area contributed by atoms with Crippen molar-refractivity contribution in [3.05, 3.63) is 0 Å². The Labute approximate surface area is 92.7 Å². The number of nitrogens with two attached hydrogens (primary N) is 1. The van der Waals surface area contributed by atoms with Crippen LogP contribution < -0.4 is 5.73 Å². The van der Waals surface area contributed by atoms with Crippen molar-refractivity contribution in [1.29, 1.82) is 0 Å².